The molecule has 0 atom stereocenters. The minimum Gasteiger partial charge on any atom is -0.146 e. The molecular weight excluding hydrogens is 502 g/mol. The molecule has 0 heterocycles. The lowest BCUT2D eigenvalue weighted by atomic mass is 10.0. The molecule has 0 aliphatic heterocycles. The molecule has 0 saturated carbocycles. The molecule has 0 aromatic carbocycles. The molecule has 0 radical (unpaired) electrons. The van der Waals surface area contributed by atoms with Gasteiger partial charge in [-0.25, -0.2) is 0 Å². The van der Waals surface area contributed by atoms with Crippen molar-refractivity contribution in [3.8, 4) is 0 Å². The van der Waals surface area contributed by atoms with Crippen LogP contribution in [0.3, 0.4) is 0 Å². The Balaban J connectivity index is 3.01. The quantitative estimate of drug-likeness (QED) is 0.0414. The van der Waals surface area contributed by atoms with Gasteiger partial charge in [0.2, 0.25) is 6.69 Å². The smallest absolute Gasteiger partial charge is 0.146 e. The third-order valence-corrected chi connectivity index (χ3v) is 8.63. The van der Waals surface area contributed by atoms with Crippen molar-refractivity contribution < 1.29 is 0 Å². The molecule has 0 aromatic heterocycles. The van der Waals surface area contributed by atoms with Gasteiger partial charge in [-0.15, -0.1) is 22.2 Å². The lowest BCUT2D eigenvalue weighted by Gasteiger charge is -2.09. The van der Waals surface area contributed by atoms with Gasteiger partial charge in [-0.1, -0.05) is 145 Å². The van der Waals surface area contributed by atoms with E-state index in [1.54, 1.807) is 0 Å². The highest BCUT2D eigenvalue weighted by Gasteiger charge is 2.19. The highest BCUT2D eigenvalue weighted by molar-refractivity contribution is 14.1. The minimum atomic E-state index is -1.83. The van der Waals surface area contributed by atoms with Crippen molar-refractivity contribution in [2.45, 2.75) is 141 Å². The molecule has 0 aromatic rings. The number of alkyl halides is 1. The molecule has 0 spiro atoms. The van der Waals surface area contributed by atoms with Crippen LogP contribution in [0.15, 0.2) is 0 Å². The zero-order valence-electron chi connectivity index (χ0n) is 18.2. The maximum Gasteiger partial charge on any atom is 0.248 e. The summed E-state index contributed by atoms with van der Waals surface area (Å²) in [7, 11) is 0. The van der Waals surface area contributed by atoms with Crippen LogP contribution in [-0.2, 0) is 0 Å². The number of unbranched alkanes of at least 4 members (excludes halogenated alkanes) is 19. The number of hydrogen-bond acceptors (Lipinski definition) is 0. The predicted octanol–water partition coefficient (Wildman–Crippen LogP) is 10.8. The third-order valence-electron chi connectivity index (χ3n) is 5.50. The largest absolute Gasteiger partial charge is 0.248 e. The molecule has 0 aliphatic rings. The average Bonchev–Trinajstić information content (AvgIpc) is 2.62. The van der Waals surface area contributed by atoms with Crippen molar-refractivity contribution in [1.82, 2.24) is 0 Å². The van der Waals surface area contributed by atoms with Gasteiger partial charge in [-0.05, 0) is 23.4 Å². The van der Waals surface area contributed by atoms with E-state index in [2.05, 4.69) is 22.6 Å². The fourth-order valence-electron chi connectivity index (χ4n) is 3.71. The SMILES string of the molecule is C[Si](Cl)(Cl)CCCCCCCCCCCCCCCCCCCCCCI. The van der Waals surface area contributed by atoms with E-state index in [-0.39, 0.29) is 0 Å². The number of halogens is 3. The zero-order chi connectivity index (χ0) is 20.1. The number of hydrogen-bond donors (Lipinski definition) is 0. The van der Waals surface area contributed by atoms with Gasteiger partial charge in [0.15, 0.2) is 0 Å². The van der Waals surface area contributed by atoms with Crippen LogP contribution in [0.1, 0.15) is 128 Å². The first kappa shape index (κ1) is 28.5. The molecule has 0 rings (SSSR count). The fraction of sp³-hybridized carbons (Fsp3) is 1.00. The Kier molecular flexibility index (Phi) is 23.5. The van der Waals surface area contributed by atoms with Crippen molar-refractivity contribution in [1.29, 1.82) is 0 Å². The van der Waals surface area contributed by atoms with Gasteiger partial charge in [0.25, 0.3) is 0 Å². The molecule has 0 bridgehead atoms. The van der Waals surface area contributed by atoms with Crippen LogP contribution in [-0.4, -0.2) is 11.1 Å². The van der Waals surface area contributed by atoms with E-state index in [1.165, 1.54) is 133 Å². The van der Waals surface area contributed by atoms with E-state index in [9.17, 15) is 0 Å². The van der Waals surface area contributed by atoms with Crippen molar-refractivity contribution in [3.63, 3.8) is 0 Å². The van der Waals surface area contributed by atoms with Crippen LogP contribution in [0.5, 0.6) is 0 Å². The first-order valence-electron chi connectivity index (χ1n) is 12.0. The molecule has 0 unspecified atom stereocenters. The first-order chi connectivity index (χ1) is 13.1. The predicted molar refractivity (Wildman–Crippen MR) is 139 cm³/mol. The minimum absolute atomic E-state index is 1.06. The van der Waals surface area contributed by atoms with Crippen LogP contribution >= 0.6 is 44.7 Å². The van der Waals surface area contributed by atoms with Gasteiger partial charge >= 0.3 is 0 Å². The van der Waals surface area contributed by atoms with E-state index >= 15 is 0 Å². The summed E-state index contributed by atoms with van der Waals surface area (Å²) in [6, 6.07) is 1.06. The maximum atomic E-state index is 6.13. The van der Waals surface area contributed by atoms with Gasteiger partial charge in [0, 0.05) is 0 Å². The van der Waals surface area contributed by atoms with Gasteiger partial charge in [-0.2, -0.15) is 0 Å². The summed E-state index contributed by atoms with van der Waals surface area (Å²) in [5.41, 5.74) is 0. The summed E-state index contributed by atoms with van der Waals surface area (Å²) in [5.74, 6) is 0. The van der Waals surface area contributed by atoms with Crippen LogP contribution in [0.25, 0.3) is 0 Å². The molecule has 0 amide bonds. The average molecular weight is 550 g/mol. The summed E-state index contributed by atoms with van der Waals surface area (Å²) in [4.78, 5) is 0. The molecular formula is C23H47Cl2ISi. The molecule has 0 aliphatic carbocycles. The monoisotopic (exact) mass is 548 g/mol. The molecule has 0 nitrogen and oxygen atoms in total. The Morgan fingerprint density at radius 3 is 0.889 bits per heavy atom. The first-order valence-corrected chi connectivity index (χ1v) is 18.3. The Morgan fingerprint density at radius 2 is 0.667 bits per heavy atom. The lowest BCUT2D eigenvalue weighted by Crippen LogP contribution is -2.11. The van der Waals surface area contributed by atoms with Crippen LogP contribution in [0, 0.1) is 0 Å². The second kappa shape index (κ2) is 22.2. The summed E-state index contributed by atoms with van der Waals surface area (Å²) >= 11 is 14.7. The highest BCUT2D eigenvalue weighted by atomic mass is 127. The van der Waals surface area contributed by atoms with E-state index in [0.29, 0.717) is 0 Å². The van der Waals surface area contributed by atoms with Gasteiger partial charge in [0.05, 0.1) is 0 Å². The van der Waals surface area contributed by atoms with Crippen LogP contribution in [0.2, 0.25) is 12.6 Å². The van der Waals surface area contributed by atoms with Gasteiger partial charge in [-0.3, -0.25) is 0 Å². The maximum absolute atomic E-state index is 6.13. The second-order valence-electron chi connectivity index (χ2n) is 8.58. The summed E-state index contributed by atoms with van der Waals surface area (Å²) < 4.78 is 1.34. The summed E-state index contributed by atoms with van der Waals surface area (Å²) in [6.45, 7) is 0.206. The summed E-state index contributed by atoms with van der Waals surface area (Å²) in [6.07, 6.45) is 28.7. The highest BCUT2D eigenvalue weighted by Crippen LogP contribution is 2.23. The molecule has 0 fully saturated rings. The van der Waals surface area contributed by atoms with Gasteiger partial charge in [0.1, 0.15) is 0 Å². The molecule has 0 saturated heterocycles. The normalized spacial score (nSPS) is 12.0. The van der Waals surface area contributed by atoms with E-state index < -0.39 is 6.69 Å². The fourth-order valence-corrected chi connectivity index (χ4v) is 5.92. The Morgan fingerprint density at radius 1 is 0.444 bits per heavy atom. The van der Waals surface area contributed by atoms with E-state index in [4.69, 9.17) is 22.2 Å². The summed E-state index contributed by atoms with van der Waals surface area (Å²) in [5, 5.41) is 0. The molecule has 164 valence electrons. The molecule has 4 heteroatoms. The van der Waals surface area contributed by atoms with E-state index in [1.807, 2.05) is 6.55 Å². The standard InChI is InChI=1S/C23H47Cl2ISi/c1-27(24,25)23-21-19-17-15-13-11-9-7-5-3-2-4-6-8-10-12-14-16-18-20-22-26/h2-23H2,1H3. The topological polar surface area (TPSA) is 0 Å². The Bertz CT molecular complexity index is 282. The van der Waals surface area contributed by atoms with Gasteiger partial charge < -0.3 is 0 Å². The lowest BCUT2D eigenvalue weighted by molar-refractivity contribution is 0.523. The van der Waals surface area contributed by atoms with Crippen molar-refractivity contribution in [3.05, 3.63) is 0 Å². The van der Waals surface area contributed by atoms with Crippen molar-refractivity contribution in [2.24, 2.45) is 0 Å². The van der Waals surface area contributed by atoms with Crippen molar-refractivity contribution in [2.75, 3.05) is 4.43 Å². The zero-order valence-corrected chi connectivity index (χ0v) is 22.9. The molecule has 0 N–H and O–H groups in total. The van der Waals surface area contributed by atoms with Crippen LogP contribution < -0.4 is 0 Å². The Hall–Kier alpha value is 1.53. The third kappa shape index (κ3) is 27.5. The van der Waals surface area contributed by atoms with Crippen molar-refractivity contribution >= 4 is 51.4 Å². The van der Waals surface area contributed by atoms with Crippen LogP contribution in [0.4, 0.5) is 0 Å². The number of rotatable bonds is 22. The Labute approximate surface area is 195 Å². The molecule has 27 heavy (non-hydrogen) atoms. The second-order valence-corrected chi connectivity index (χ2v) is 17.9. The van der Waals surface area contributed by atoms with E-state index in [0.717, 1.165) is 6.04 Å².